The third kappa shape index (κ3) is 5.73. The van der Waals surface area contributed by atoms with Crippen LogP contribution in [0.5, 0.6) is 11.5 Å². The van der Waals surface area contributed by atoms with Gasteiger partial charge in [0.2, 0.25) is 0 Å². The van der Waals surface area contributed by atoms with E-state index in [0.717, 1.165) is 23.7 Å². The molecule has 28 heavy (non-hydrogen) atoms. The number of methoxy groups -OCH3 is 1. The Kier molecular flexibility index (Phi) is 6.93. The fraction of sp³-hybridized carbons (Fsp3) is 0.435. The van der Waals surface area contributed by atoms with Gasteiger partial charge in [0.1, 0.15) is 0 Å². The summed E-state index contributed by atoms with van der Waals surface area (Å²) in [5.41, 5.74) is 3.13. The van der Waals surface area contributed by atoms with Gasteiger partial charge >= 0.3 is 0 Å². The predicted molar refractivity (Wildman–Crippen MR) is 112 cm³/mol. The number of hydrogen-bond donors (Lipinski definition) is 1. The number of nitrogens with zero attached hydrogens (tertiary/aromatic N) is 1. The van der Waals surface area contributed by atoms with Crippen LogP contribution in [-0.2, 0) is 11.3 Å². The lowest BCUT2D eigenvalue weighted by Crippen LogP contribution is -2.32. The fourth-order valence-corrected chi connectivity index (χ4v) is 3.41. The Labute approximate surface area is 167 Å². The number of amides is 1. The van der Waals surface area contributed by atoms with Crippen LogP contribution in [0.2, 0.25) is 0 Å². The van der Waals surface area contributed by atoms with Crippen LogP contribution >= 0.6 is 0 Å². The molecule has 0 radical (unpaired) electrons. The average Bonchev–Trinajstić information content (AvgIpc) is 2.70. The third-order valence-corrected chi connectivity index (χ3v) is 5.20. The largest absolute Gasteiger partial charge is 0.493 e. The molecule has 0 bridgehead atoms. The summed E-state index contributed by atoms with van der Waals surface area (Å²) in [5.74, 6) is 1.84. The second-order valence-corrected chi connectivity index (χ2v) is 7.65. The zero-order chi connectivity index (χ0) is 19.9. The van der Waals surface area contributed by atoms with Gasteiger partial charge in [-0.1, -0.05) is 25.1 Å². The Morgan fingerprint density at radius 2 is 1.82 bits per heavy atom. The summed E-state index contributed by atoms with van der Waals surface area (Å²) in [6.45, 7) is 7.55. The number of benzene rings is 2. The molecule has 1 heterocycles. The second kappa shape index (κ2) is 9.60. The zero-order valence-corrected chi connectivity index (χ0v) is 17.0. The van der Waals surface area contributed by atoms with E-state index in [2.05, 4.69) is 29.3 Å². The molecule has 0 unspecified atom stereocenters. The zero-order valence-electron chi connectivity index (χ0n) is 17.0. The molecule has 1 saturated heterocycles. The van der Waals surface area contributed by atoms with Gasteiger partial charge in [0.15, 0.2) is 18.1 Å². The van der Waals surface area contributed by atoms with Gasteiger partial charge in [-0.15, -0.1) is 0 Å². The first-order valence-electron chi connectivity index (χ1n) is 9.92. The molecule has 1 N–H and O–H groups in total. The molecule has 2 aromatic carbocycles. The number of ether oxygens (including phenoxy) is 2. The lowest BCUT2D eigenvalue weighted by molar-refractivity contribution is -0.118. The number of rotatable bonds is 7. The standard InChI is InChI=1S/C23H30N2O3/c1-17-10-12-25(13-11-17)15-19-5-7-20(8-6-19)24-23(26)16-28-21-9-4-18(2)14-22(21)27-3/h4-9,14,17H,10-13,15-16H2,1-3H3,(H,24,26). The smallest absolute Gasteiger partial charge is 0.262 e. The van der Waals surface area contributed by atoms with Crippen molar-refractivity contribution in [3.05, 3.63) is 53.6 Å². The lowest BCUT2D eigenvalue weighted by Gasteiger charge is -2.30. The monoisotopic (exact) mass is 382 g/mol. The number of hydrogen-bond acceptors (Lipinski definition) is 4. The molecule has 1 fully saturated rings. The third-order valence-electron chi connectivity index (χ3n) is 5.20. The minimum Gasteiger partial charge on any atom is -0.493 e. The molecule has 0 aliphatic carbocycles. The Morgan fingerprint density at radius 3 is 2.50 bits per heavy atom. The van der Waals surface area contributed by atoms with Gasteiger partial charge in [0.05, 0.1) is 7.11 Å². The van der Waals surface area contributed by atoms with E-state index >= 15 is 0 Å². The number of anilines is 1. The second-order valence-electron chi connectivity index (χ2n) is 7.65. The predicted octanol–water partition coefficient (Wildman–Crippen LogP) is 4.25. The summed E-state index contributed by atoms with van der Waals surface area (Å²) in [6, 6.07) is 13.7. The Balaban J connectivity index is 1.48. The summed E-state index contributed by atoms with van der Waals surface area (Å²) >= 11 is 0. The van der Waals surface area contributed by atoms with Gasteiger partial charge in [-0.05, 0) is 74.2 Å². The van der Waals surface area contributed by atoms with Crippen LogP contribution in [0, 0.1) is 12.8 Å². The van der Waals surface area contributed by atoms with Gasteiger partial charge in [-0.25, -0.2) is 0 Å². The maximum absolute atomic E-state index is 12.2. The Morgan fingerprint density at radius 1 is 1.11 bits per heavy atom. The van der Waals surface area contributed by atoms with Crippen molar-refractivity contribution < 1.29 is 14.3 Å². The maximum atomic E-state index is 12.2. The normalized spacial score (nSPS) is 15.2. The first kappa shape index (κ1) is 20.2. The van der Waals surface area contributed by atoms with E-state index in [1.165, 1.54) is 31.5 Å². The van der Waals surface area contributed by atoms with Gasteiger partial charge in [0, 0.05) is 12.2 Å². The van der Waals surface area contributed by atoms with E-state index in [0.29, 0.717) is 11.5 Å². The fourth-order valence-electron chi connectivity index (χ4n) is 3.41. The quantitative estimate of drug-likeness (QED) is 0.778. The van der Waals surface area contributed by atoms with E-state index in [9.17, 15) is 4.79 Å². The molecule has 1 aliphatic heterocycles. The molecular formula is C23H30N2O3. The molecule has 1 aliphatic rings. The lowest BCUT2D eigenvalue weighted by atomic mass is 9.99. The average molecular weight is 383 g/mol. The summed E-state index contributed by atoms with van der Waals surface area (Å²) < 4.78 is 10.9. The first-order valence-corrected chi connectivity index (χ1v) is 9.92. The van der Waals surface area contributed by atoms with Crippen molar-refractivity contribution in [2.45, 2.75) is 33.2 Å². The summed E-state index contributed by atoms with van der Waals surface area (Å²) in [7, 11) is 1.59. The van der Waals surface area contributed by atoms with Crippen LogP contribution in [0.4, 0.5) is 5.69 Å². The van der Waals surface area contributed by atoms with Crippen LogP contribution in [0.15, 0.2) is 42.5 Å². The molecule has 0 aromatic heterocycles. The highest BCUT2D eigenvalue weighted by molar-refractivity contribution is 5.91. The van der Waals surface area contributed by atoms with Gasteiger partial charge in [-0.3, -0.25) is 9.69 Å². The molecule has 2 aromatic rings. The molecule has 0 atom stereocenters. The maximum Gasteiger partial charge on any atom is 0.262 e. The number of likely N-dealkylation sites (tertiary alicyclic amines) is 1. The number of piperidine rings is 1. The van der Waals surface area contributed by atoms with Crippen LogP contribution in [0.1, 0.15) is 30.9 Å². The van der Waals surface area contributed by atoms with E-state index in [1.54, 1.807) is 7.11 Å². The highest BCUT2D eigenvalue weighted by atomic mass is 16.5. The number of carbonyl (C=O) groups is 1. The van der Waals surface area contributed by atoms with Crippen molar-refractivity contribution in [2.75, 3.05) is 32.1 Å². The molecule has 5 heteroatoms. The van der Waals surface area contributed by atoms with E-state index in [4.69, 9.17) is 9.47 Å². The van der Waals surface area contributed by atoms with Crippen LogP contribution in [0.25, 0.3) is 0 Å². The minimum absolute atomic E-state index is 0.0624. The van der Waals surface area contributed by atoms with E-state index in [1.807, 2.05) is 37.3 Å². The first-order chi connectivity index (χ1) is 13.5. The molecule has 1 amide bonds. The number of carbonyl (C=O) groups excluding carboxylic acids is 1. The molecule has 5 nitrogen and oxygen atoms in total. The van der Waals surface area contributed by atoms with Crippen molar-refractivity contribution >= 4 is 11.6 Å². The summed E-state index contributed by atoms with van der Waals surface area (Å²) in [6.07, 6.45) is 2.56. The van der Waals surface area contributed by atoms with Crippen LogP contribution in [0.3, 0.4) is 0 Å². The molecule has 150 valence electrons. The minimum atomic E-state index is -0.194. The van der Waals surface area contributed by atoms with Crippen molar-refractivity contribution in [2.24, 2.45) is 5.92 Å². The van der Waals surface area contributed by atoms with Gasteiger partial charge in [-0.2, -0.15) is 0 Å². The molecule has 0 spiro atoms. The summed E-state index contributed by atoms with van der Waals surface area (Å²) in [4.78, 5) is 14.7. The molecule has 0 saturated carbocycles. The van der Waals surface area contributed by atoms with Gasteiger partial charge in [0.25, 0.3) is 5.91 Å². The van der Waals surface area contributed by atoms with Crippen molar-refractivity contribution in [3.63, 3.8) is 0 Å². The topological polar surface area (TPSA) is 50.8 Å². The SMILES string of the molecule is COc1cc(C)ccc1OCC(=O)Nc1ccc(CN2CCC(C)CC2)cc1. The van der Waals surface area contributed by atoms with E-state index in [-0.39, 0.29) is 12.5 Å². The number of nitrogens with one attached hydrogen (secondary N) is 1. The highest BCUT2D eigenvalue weighted by Crippen LogP contribution is 2.27. The van der Waals surface area contributed by atoms with Gasteiger partial charge < -0.3 is 14.8 Å². The van der Waals surface area contributed by atoms with Crippen LogP contribution < -0.4 is 14.8 Å². The van der Waals surface area contributed by atoms with Crippen molar-refractivity contribution in [1.82, 2.24) is 4.90 Å². The highest BCUT2D eigenvalue weighted by Gasteiger charge is 2.15. The Hall–Kier alpha value is -2.53. The number of aryl methyl sites for hydroxylation is 1. The van der Waals surface area contributed by atoms with E-state index < -0.39 is 0 Å². The molecule has 3 rings (SSSR count). The van der Waals surface area contributed by atoms with Crippen LogP contribution in [-0.4, -0.2) is 37.6 Å². The van der Waals surface area contributed by atoms with Crippen molar-refractivity contribution in [3.8, 4) is 11.5 Å². The Bertz CT molecular complexity index is 781. The molecular weight excluding hydrogens is 352 g/mol. The van der Waals surface area contributed by atoms with Crippen molar-refractivity contribution in [1.29, 1.82) is 0 Å². The summed E-state index contributed by atoms with van der Waals surface area (Å²) in [5, 5.41) is 2.88.